The van der Waals surface area contributed by atoms with E-state index in [9.17, 15) is 0 Å². The van der Waals surface area contributed by atoms with E-state index in [0.717, 1.165) is 0 Å². The van der Waals surface area contributed by atoms with E-state index >= 15 is 0 Å². The number of ether oxygens (including phenoxy) is 5. The molecule has 0 aromatic carbocycles. The van der Waals surface area contributed by atoms with Gasteiger partial charge in [0, 0.05) is 14.2 Å². The molecule has 0 aromatic rings. The zero-order valence-corrected chi connectivity index (χ0v) is 10.9. The van der Waals surface area contributed by atoms with E-state index < -0.39 is 0 Å². The monoisotopic (exact) mass is 254 g/mol. The second kappa shape index (κ2) is 13.2. The summed E-state index contributed by atoms with van der Waals surface area (Å²) in [4.78, 5) is 0. The second-order valence-electron chi connectivity index (χ2n) is 3.00. The van der Waals surface area contributed by atoms with Crippen molar-refractivity contribution in [2.75, 3.05) is 60.5 Å². The van der Waals surface area contributed by atoms with Gasteiger partial charge in [0.25, 0.3) is 0 Å². The van der Waals surface area contributed by atoms with Gasteiger partial charge in [0.05, 0.1) is 46.2 Å². The highest BCUT2D eigenvalue weighted by Gasteiger charge is 2.00. The summed E-state index contributed by atoms with van der Waals surface area (Å²) < 4.78 is 25.5. The van der Waals surface area contributed by atoms with Gasteiger partial charge in [0.1, 0.15) is 5.44 Å². The first-order valence-corrected chi connectivity index (χ1v) is 5.76. The summed E-state index contributed by atoms with van der Waals surface area (Å²) in [6.45, 7) is 3.87. The molecule has 5 nitrogen and oxygen atoms in total. The van der Waals surface area contributed by atoms with Crippen molar-refractivity contribution in [2.24, 2.45) is 0 Å². The Balaban J connectivity index is 2.98. The molecule has 98 valence electrons. The zero-order valence-electron chi connectivity index (χ0n) is 10.0. The number of hydrogen-bond donors (Lipinski definition) is 1. The first-order valence-electron chi connectivity index (χ1n) is 5.24. The SMILES string of the molecule is COCCOCCOCCOC(S)COC. The highest BCUT2D eigenvalue weighted by molar-refractivity contribution is 7.80. The summed E-state index contributed by atoms with van der Waals surface area (Å²) in [7, 11) is 3.26. The van der Waals surface area contributed by atoms with Gasteiger partial charge < -0.3 is 23.7 Å². The molecular weight excluding hydrogens is 232 g/mol. The normalized spacial score (nSPS) is 12.9. The highest BCUT2D eigenvalue weighted by atomic mass is 32.1. The summed E-state index contributed by atoms with van der Waals surface area (Å²) in [5, 5.41) is 0. The Bertz CT molecular complexity index is 136. The van der Waals surface area contributed by atoms with Crippen molar-refractivity contribution in [2.45, 2.75) is 5.44 Å². The van der Waals surface area contributed by atoms with Crippen LogP contribution in [0, 0.1) is 0 Å². The molecule has 0 aliphatic carbocycles. The third-order valence-corrected chi connectivity index (χ3v) is 1.95. The van der Waals surface area contributed by atoms with E-state index in [2.05, 4.69) is 12.6 Å². The second-order valence-corrected chi connectivity index (χ2v) is 3.57. The number of hydrogen-bond acceptors (Lipinski definition) is 6. The van der Waals surface area contributed by atoms with Crippen LogP contribution in [0.25, 0.3) is 0 Å². The van der Waals surface area contributed by atoms with Crippen LogP contribution in [0.5, 0.6) is 0 Å². The summed E-state index contributed by atoms with van der Waals surface area (Å²) >= 11 is 4.15. The maximum atomic E-state index is 5.28. The number of rotatable bonds is 12. The quantitative estimate of drug-likeness (QED) is 0.314. The molecule has 0 aliphatic rings. The lowest BCUT2D eigenvalue weighted by atomic mass is 10.7. The standard InChI is InChI=1S/C10H22O5S/c1-11-3-4-13-5-6-14-7-8-15-10(16)9-12-2/h10,16H,3-9H2,1-2H3. The summed E-state index contributed by atoms with van der Waals surface area (Å²) in [6, 6.07) is 0. The lowest BCUT2D eigenvalue weighted by Crippen LogP contribution is -2.17. The Morgan fingerprint density at radius 1 is 0.812 bits per heavy atom. The van der Waals surface area contributed by atoms with Crippen LogP contribution < -0.4 is 0 Å². The minimum atomic E-state index is -0.188. The topological polar surface area (TPSA) is 46.2 Å². The van der Waals surface area contributed by atoms with Crippen LogP contribution in [-0.4, -0.2) is 65.9 Å². The Labute approximate surface area is 103 Å². The van der Waals surface area contributed by atoms with E-state index in [1.807, 2.05) is 0 Å². The predicted molar refractivity (Wildman–Crippen MR) is 64.1 cm³/mol. The fraction of sp³-hybridized carbons (Fsp3) is 1.00. The molecule has 0 heterocycles. The summed E-state index contributed by atoms with van der Waals surface area (Å²) in [5.41, 5.74) is -0.188. The third-order valence-electron chi connectivity index (χ3n) is 1.65. The molecule has 6 heteroatoms. The van der Waals surface area contributed by atoms with Crippen molar-refractivity contribution >= 4 is 12.6 Å². The highest BCUT2D eigenvalue weighted by Crippen LogP contribution is 1.97. The van der Waals surface area contributed by atoms with Crippen molar-refractivity contribution in [1.82, 2.24) is 0 Å². The lowest BCUT2D eigenvalue weighted by molar-refractivity contribution is -0.0110. The van der Waals surface area contributed by atoms with Gasteiger partial charge in [-0.3, -0.25) is 0 Å². The van der Waals surface area contributed by atoms with Gasteiger partial charge in [-0.2, -0.15) is 0 Å². The number of thiol groups is 1. The van der Waals surface area contributed by atoms with Crippen molar-refractivity contribution in [3.8, 4) is 0 Å². The molecule has 0 aromatic heterocycles. The van der Waals surface area contributed by atoms with E-state index in [1.165, 1.54) is 0 Å². The molecule has 0 fully saturated rings. The minimum absolute atomic E-state index is 0.188. The summed E-state index contributed by atoms with van der Waals surface area (Å²) in [5.74, 6) is 0. The first kappa shape index (κ1) is 16.1. The van der Waals surface area contributed by atoms with E-state index in [4.69, 9.17) is 23.7 Å². The van der Waals surface area contributed by atoms with Gasteiger partial charge in [-0.25, -0.2) is 0 Å². The Morgan fingerprint density at radius 3 is 1.94 bits per heavy atom. The number of methoxy groups -OCH3 is 2. The Morgan fingerprint density at radius 2 is 1.38 bits per heavy atom. The Hall–Kier alpha value is 0.150. The molecule has 1 atom stereocenters. The molecule has 0 saturated carbocycles. The van der Waals surface area contributed by atoms with Crippen LogP contribution in [-0.2, 0) is 23.7 Å². The van der Waals surface area contributed by atoms with Crippen LogP contribution in [0.15, 0.2) is 0 Å². The van der Waals surface area contributed by atoms with Crippen LogP contribution in [0.2, 0.25) is 0 Å². The largest absolute Gasteiger partial charge is 0.382 e. The van der Waals surface area contributed by atoms with Gasteiger partial charge >= 0.3 is 0 Å². The maximum Gasteiger partial charge on any atom is 0.123 e. The molecule has 0 amide bonds. The molecule has 0 saturated heterocycles. The molecular formula is C10H22O5S. The van der Waals surface area contributed by atoms with E-state index in [0.29, 0.717) is 46.2 Å². The van der Waals surface area contributed by atoms with Crippen molar-refractivity contribution in [3.05, 3.63) is 0 Å². The molecule has 0 spiro atoms. The fourth-order valence-corrected chi connectivity index (χ4v) is 1.15. The van der Waals surface area contributed by atoms with E-state index in [-0.39, 0.29) is 5.44 Å². The van der Waals surface area contributed by atoms with E-state index in [1.54, 1.807) is 14.2 Å². The molecule has 0 rings (SSSR count). The molecule has 0 bridgehead atoms. The lowest BCUT2D eigenvalue weighted by Gasteiger charge is -2.11. The van der Waals surface area contributed by atoms with Crippen LogP contribution in [0.1, 0.15) is 0 Å². The van der Waals surface area contributed by atoms with Crippen molar-refractivity contribution in [3.63, 3.8) is 0 Å². The predicted octanol–water partition coefficient (Wildman–Crippen LogP) is 0.585. The third kappa shape index (κ3) is 12.2. The molecule has 0 radical (unpaired) electrons. The molecule has 16 heavy (non-hydrogen) atoms. The van der Waals surface area contributed by atoms with Crippen LogP contribution in [0.4, 0.5) is 0 Å². The van der Waals surface area contributed by atoms with Crippen LogP contribution >= 0.6 is 12.6 Å². The van der Waals surface area contributed by atoms with Crippen LogP contribution in [0.3, 0.4) is 0 Å². The van der Waals surface area contributed by atoms with Crippen molar-refractivity contribution in [1.29, 1.82) is 0 Å². The first-order chi connectivity index (χ1) is 7.81. The van der Waals surface area contributed by atoms with Crippen molar-refractivity contribution < 1.29 is 23.7 Å². The average molecular weight is 254 g/mol. The molecule has 1 unspecified atom stereocenters. The van der Waals surface area contributed by atoms with Gasteiger partial charge in [-0.05, 0) is 0 Å². The van der Waals surface area contributed by atoms with Gasteiger partial charge in [-0.1, -0.05) is 0 Å². The van der Waals surface area contributed by atoms with Gasteiger partial charge in [0.15, 0.2) is 0 Å². The van der Waals surface area contributed by atoms with Gasteiger partial charge in [0.2, 0.25) is 0 Å². The molecule has 0 aliphatic heterocycles. The summed E-state index contributed by atoms with van der Waals surface area (Å²) in [6.07, 6.45) is 0. The smallest absolute Gasteiger partial charge is 0.123 e. The molecule has 0 N–H and O–H groups in total. The Kier molecular flexibility index (Phi) is 13.3. The fourth-order valence-electron chi connectivity index (χ4n) is 0.898. The average Bonchev–Trinajstić information content (AvgIpc) is 2.27. The zero-order chi connectivity index (χ0) is 12.1. The maximum absolute atomic E-state index is 5.28. The minimum Gasteiger partial charge on any atom is -0.382 e. The van der Waals surface area contributed by atoms with Gasteiger partial charge in [-0.15, -0.1) is 12.6 Å².